The lowest BCUT2D eigenvalue weighted by atomic mass is 9.79. The molecular formula is C114H79N5. The Morgan fingerprint density at radius 3 is 0.891 bits per heavy atom. The van der Waals surface area contributed by atoms with Crippen LogP contribution in [0.5, 0.6) is 0 Å². The number of fused-ring (bicyclic) bond motifs is 23. The molecule has 0 aliphatic heterocycles. The Labute approximate surface area is 689 Å². The van der Waals surface area contributed by atoms with Crippen LogP contribution >= 0.6 is 0 Å². The van der Waals surface area contributed by atoms with E-state index >= 15 is 0 Å². The van der Waals surface area contributed by atoms with Crippen molar-refractivity contribution in [3.8, 4) is 95.2 Å². The van der Waals surface area contributed by atoms with E-state index in [9.17, 15) is 0 Å². The van der Waals surface area contributed by atoms with Crippen molar-refractivity contribution in [3.63, 3.8) is 0 Å². The topological polar surface area (TPSA) is 24.6 Å². The van der Waals surface area contributed by atoms with Gasteiger partial charge in [0.2, 0.25) is 0 Å². The second-order valence-corrected chi connectivity index (χ2v) is 33.5. The van der Waals surface area contributed by atoms with Crippen molar-refractivity contribution < 1.29 is 0 Å². The van der Waals surface area contributed by atoms with Crippen LogP contribution in [0.25, 0.3) is 204 Å². The van der Waals surface area contributed by atoms with E-state index in [0.717, 1.165) is 5.69 Å². The molecule has 560 valence electrons. The van der Waals surface area contributed by atoms with E-state index in [1.54, 1.807) is 0 Å². The molecule has 0 spiro atoms. The third-order valence-corrected chi connectivity index (χ3v) is 26.3. The zero-order chi connectivity index (χ0) is 78.9. The van der Waals surface area contributed by atoms with E-state index in [1.165, 1.54) is 221 Å². The van der Waals surface area contributed by atoms with Crippen LogP contribution in [-0.4, -0.2) is 22.8 Å². The molecule has 0 radical (unpaired) electrons. The van der Waals surface area contributed by atoms with Crippen molar-refractivity contribution in [3.05, 3.63) is 429 Å². The average Bonchev–Trinajstić information content (AvgIpc) is 1.52. The Kier molecular flexibility index (Phi) is 15.1. The van der Waals surface area contributed by atoms with Crippen molar-refractivity contribution in [1.29, 1.82) is 0 Å². The molecule has 0 N–H and O–H groups in total. The largest absolute Gasteiger partial charge is 0.309 e. The van der Waals surface area contributed by atoms with Gasteiger partial charge in [-0.2, -0.15) is 0 Å². The first kappa shape index (κ1) is 68.4. The number of nitrogens with zero attached hydrogens (tertiary/aromatic N) is 5. The molecule has 0 unspecified atom stereocenters. The Morgan fingerprint density at radius 2 is 0.437 bits per heavy atom. The predicted molar refractivity (Wildman–Crippen MR) is 501 cm³/mol. The van der Waals surface area contributed by atoms with Crippen molar-refractivity contribution in [2.24, 2.45) is 0 Å². The molecule has 0 atom stereocenters. The number of hydrogen-bond donors (Lipinski definition) is 0. The highest BCUT2D eigenvalue weighted by Gasteiger charge is 2.42. The van der Waals surface area contributed by atoms with Gasteiger partial charge in [-0.05, 0) is 235 Å². The molecule has 0 bridgehead atoms. The van der Waals surface area contributed by atoms with Gasteiger partial charge in [-0.25, -0.2) is 0 Å². The average molecular weight is 1520 g/mol. The molecule has 5 heterocycles. The molecule has 5 heteroatoms. The summed E-state index contributed by atoms with van der Waals surface area (Å²) < 4.78 is 12.3. The minimum Gasteiger partial charge on any atom is -0.309 e. The minimum absolute atomic E-state index is 0.238. The van der Waals surface area contributed by atoms with Crippen molar-refractivity contribution in [2.75, 3.05) is 0 Å². The molecule has 25 rings (SSSR count). The molecular weight excluding hydrogens is 1440 g/mol. The monoisotopic (exact) mass is 1520 g/mol. The van der Waals surface area contributed by atoms with Crippen LogP contribution in [0.3, 0.4) is 0 Å². The second-order valence-electron chi connectivity index (χ2n) is 33.5. The highest BCUT2D eigenvalue weighted by atomic mass is 15.0. The van der Waals surface area contributed by atoms with Crippen LogP contribution < -0.4 is 0 Å². The van der Waals surface area contributed by atoms with Crippen molar-refractivity contribution >= 4 is 109 Å². The molecule has 0 saturated carbocycles. The van der Waals surface area contributed by atoms with Gasteiger partial charge >= 0.3 is 0 Å². The fourth-order valence-electron chi connectivity index (χ4n) is 20.9. The summed E-state index contributed by atoms with van der Waals surface area (Å²) in [7, 11) is 0. The maximum atomic E-state index is 2.51. The van der Waals surface area contributed by atoms with Gasteiger partial charge in [0.1, 0.15) is 0 Å². The molecule has 0 amide bonds. The molecule has 0 fully saturated rings. The van der Waals surface area contributed by atoms with Crippen LogP contribution in [0.2, 0.25) is 0 Å². The van der Waals surface area contributed by atoms with Crippen LogP contribution in [0.1, 0.15) is 49.9 Å². The molecule has 18 aromatic carbocycles. The number of para-hydroxylation sites is 6. The molecule has 5 aromatic heterocycles. The van der Waals surface area contributed by atoms with Crippen LogP contribution in [0, 0.1) is 0 Å². The normalized spacial score (nSPS) is 13.2. The first-order valence-corrected chi connectivity index (χ1v) is 41.5. The maximum Gasteiger partial charge on any atom is 0.0544 e. The molecule has 2 aliphatic carbocycles. The zero-order valence-electron chi connectivity index (χ0n) is 66.4. The van der Waals surface area contributed by atoms with Crippen LogP contribution in [-0.2, 0) is 10.8 Å². The predicted octanol–water partition coefficient (Wildman–Crippen LogP) is 30.1. The summed E-state index contributed by atoms with van der Waals surface area (Å²) in [5.74, 6) is 0. The van der Waals surface area contributed by atoms with Crippen LogP contribution in [0.4, 0.5) is 0 Å². The smallest absolute Gasteiger partial charge is 0.0544 e. The number of benzene rings is 18. The Bertz CT molecular complexity index is 8110. The van der Waals surface area contributed by atoms with Gasteiger partial charge in [0, 0.05) is 93.1 Å². The fourth-order valence-corrected chi connectivity index (χ4v) is 20.9. The third-order valence-electron chi connectivity index (χ3n) is 26.3. The van der Waals surface area contributed by atoms with Gasteiger partial charge in [0.25, 0.3) is 0 Å². The van der Waals surface area contributed by atoms with E-state index < -0.39 is 0 Å². The molecule has 23 aromatic rings. The summed E-state index contributed by atoms with van der Waals surface area (Å²) in [6, 6.07) is 150. The first-order valence-electron chi connectivity index (χ1n) is 41.5. The Hall–Kier alpha value is -15.0. The summed E-state index contributed by atoms with van der Waals surface area (Å²) in [5, 5.41) is 12.9. The summed E-state index contributed by atoms with van der Waals surface area (Å²) in [6.45, 7) is 9.71. The quantitative estimate of drug-likeness (QED) is 0.138. The lowest BCUT2D eigenvalue weighted by molar-refractivity contribution is 0.661. The molecule has 2 aliphatic rings. The lowest BCUT2D eigenvalue weighted by Crippen LogP contribution is -2.16. The standard InChI is InChI=1S/C63H43N3.C51H36N2/c1-63(2)55-38-61-53(48-26-13-15-28-58(48)66(61)46-24-16-19-41(33-46)40-17-6-3-7-18-40)36-49(55)50-37-54-52-35-43(30-32-60(52)65(62(54)39-56(50)63)45-22-10-5-11-23-45)42-29-31-59-51(34-42)47-25-12-14-27-57(47)64(59)44-20-8-4-9-21-44;1-51(2)49-39(28-30-45-47(49)41-20-9-11-22-43(41)52(45)37-26-24-35(25-27-37)33-14-5-3-6-15-33)40-29-31-46-48(50(40)51)42-21-10-12-23-44(42)53(46)38-19-13-18-36(32-38)34-16-7-4-8-17-34/h3-39H,1-2H3;3-32H,1-2H3. The molecule has 5 nitrogen and oxygen atoms in total. The minimum atomic E-state index is -0.253. The van der Waals surface area contributed by atoms with E-state index in [4.69, 9.17) is 0 Å². The van der Waals surface area contributed by atoms with Gasteiger partial charge in [0.05, 0.1) is 55.2 Å². The van der Waals surface area contributed by atoms with E-state index in [0.29, 0.717) is 0 Å². The molecule has 119 heavy (non-hydrogen) atoms. The van der Waals surface area contributed by atoms with Crippen molar-refractivity contribution in [1.82, 2.24) is 22.8 Å². The number of hydrogen-bond acceptors (Lipinski definition) is 0. The molecule has 0 saturated heterocycles. The zero-order valence-corrected chi connectivity index (χ0v) is 66.4. The second kappa shape index (κ2) is 26.2. The van der Waals surface area contributed by atoms with Gasteiger partial charge in [-0.15, -0.1) is 0 Å². The third kappa shape index (κ3) is 10.3. The summed E-state index contributed by atoms with van der Waals surface area (Å²) >= 11 is 0. The maximum absolute atomic E-state index is 2.51. The SMILES string of the molecule is CC1(C)c2c(ccc3c2c2ccccc2n3-c2ccc(-c3ccccc3)cc2)-c2ccc3c(c21)c1ccccc1n3-c1cccc(-c2ccccc2)c1.CC1(C)c2cc3c(cc2-c2cc4c5cc(-c6ccc7c(c6)c6ccccc6n7-c6ccccc6)ccc5n(-c5ccccc5)c4cc21)c1ccccc1n3-c1cccc(-c2ccccc2)c1. The van der Waals surface area contributed by atoms with E-state index in [1.807, 2.05) is 0 Å². The van der Waals surface area contributed by atoms with E-state index in [2.05, 4.69) is 457 Å². The van der Waals surface area contributed by atoms with E-state index in [-0.39, 0.29) is 10.8 Å². The lowest BCUT2D eigenvalue weighted by Gasteiger charge is -2.24. The first-order chi connectivity index (χ1) is 58.6. The number of aromatic nitrogens is 5. The highest BCUT2D eigenvalue weighted by molar-refractivity contribution is 6.20. The Balaban J connectivity index is 0.000000139. The fraction of sp³-hybridized carbons (Fsp3) is 0.0526. The highest BCUT2D eigenvalue weighted by Crippen LogP contribution is 2.58. The van der Waals surface area contributed by atoms with Gasteiger partial charge in [-0.1, -0.05) is 289 Å². The van der Waals surface area contributed by atoms with Crippen molar-refractivity contribution in [2.45, 2.75) is 38.5 Å². The summed E-state index contributed by atoms with van der Waals surface area (Å²) in [4.78, 5) is 0. The summed E-state index contributed by atoms with van der Waals surface area (Å²) in [6.07, 6.45) is 0. The van der Waals surface area contributed by atoms with Gasteiger partial charge in [-0.3, -0.25) is 0 Å². The van der Waals surface area contributed by atoms with Gasteiger partial charge < -0.3 is 22.8 Å². The Morgan fingerprint density at radius 1 is 0.160 bits per heavy atom. The number of rotatable bonds is 9. The van der Waals surface area contributed by atoms with Crippen LogP contribution in [0.15, 0.2) is 406 Å². The van der Waals surface area contributed by atoms with Gasteiger partial charge in [0.15, 0.2) is 0 Å². The summed E-state index contributed by atoms with van der Waals surface area (Å²) in [5.41, 5.74) is 38.2.